The van der Waals surface area contributed by atoms with Crippen LogP contribution in [-0.2, 0) is 6.18 Å². The van der Waals surface area contributed by atoms with Gasteiger partial charge in [-0.25, -0.2) is 19.7 Å². The molecule has 2 heterocycles. The van der Waals surface area contributed by atoms with E-state index < -0.39 is 35.1 Å². The van der Waals surface area contributed by atoms with Gasteiger partial charge in [0.2, 0.25) is 0 Å². The molecule has 3 rings (SSSR count). The molecule has 0 amide bonds. The molecule has 126 valence electrons. The van der Waals surface area contributed by atoms with Gasteiger partial charge in [0.15, 0.2) is 17.4 Å². The number of hydrogen-bond donors (Lipinski definition) is 1. The second-order valence-corrected chi connectivity index (χ2v) is 5.94. The summed E-state index contributed by atoms with van der Waals surface area (Å²) in [6, 6.07) is 8.82. The molecule has 0 aliphatic carbocycles. The summed E-state index contributed by atoms with van der Waals surface area (Å²) in [4.78, 5) is 22.1. The monoisotopic (exact) mass is 364 g/mol. The molecule has 1 atom stereocenters. The normalized spacial score (nSPS) is 12.7. The Morgan fingerprint density at radius 1 is 1.28 bits per heavy atom. The summed E-state index contributed by atoms with van der Waals surface area (Å²) in [5.41, 5.74) is -2.07. The summed E-state index contributed by atoms with van der Waals surface area (Å²) in [7, 11) is 0. The molecule has 25 heavy (non-hydrogen) atoms. The van der Waals surface area contributed by atoms with E-state index in [1.165, 1.54) is 0 Å². The Bertz CT molecular complexity index is 977. The first kappa shape index (κ1) is 16.8. The number of halogens is 3. The number of nitriles is 1. The number of hydrogen-bond acceptors (Lipinski definition) is 6. The first-order chi connectivity index (χ1) is 11.8. The maximum atomic E-state index is 13.1. The summed E-state index contributed by atoms with van der Waals surface area (Å²) in [5, 5.41) is 18.5. The van der Waals surface area contributed by atoms with Crippen LogP contribution in [0.3, 0.4) is 0 Å². The summed E-state index contributed by atoms with van der Waals surface area (Å²) in [6.45, 7) is 0. The lowest BCUT2D eigenvalue weighted by atomic mass is 10.1. The van der Waals surface area contributed by atoms with Gasteiger partial charge in [0, 0.05) is 6.20 Å². The number of aromatic nitrogens is 3. The maximum Gasteiger partial charge on any atom is 0.434 e. The Kier molecular flexibility index (Phi) is 4.10. The fraction of sp³-hybridized carbons (Fsp3) is 0.133. The summed E-state index contributed by atoms with van der Waals surface area (Å²) >= 11 is 1.14. The van der Waals surface area contributed by atoms with Crippen molar-refractivity contribution in [1.82, 2.24) is 15.0 Å². The average molecular weight is 364 g/mol. The third kappa shape index (κ3) is 3.14. The van der Waals surface area contributed by atoms with Crippen molar-refractivity contribution in [2.24, 2.45) is 0 Å². The first-order valence-electron chi connectivity index (χ1n) is 6.73. The van der Waals surface area contributed by atoms with E-state index in [1.807, 2.05) is 6.07 Å². The number of rotatable bonds is 3. The van der Waals surface area contributed by atoms with Crippen molar-refractivity contribution < 1.29 is 23.1 Å². The van der Waals surface area contributed by atoms with Gasteiger partial charge in [-0.05, 0) is 12.1 Å². The lowest BCUT2D eigenvalue weighted by molar-refractivity contribution is -0.141. The quantitative estimate of drug-likeness (QED) is 0.764. The second-order valence-electron chi connectivity index (χ2n) is 4.88. The van der Waals surface area contributed by atoms with E-state index in [-0.39, 0.29) is 5.01 Å². The molecule has 0 aliphatic heterocycles. The number of para-hydroxylation sites is 1. The summed E-state index contributed by atoms with van der Waals surface area (Å²) in [5.74, 6) is -3.48. The first-order valence-corrected chi connectivity index (χ1v) is 7.55. The Labute approximate surface area is 142 Å². The number of alkyl halides is 3. The SMILES string of the molecule is N#CC(c1ncc(C(=O)O)c(C(F)(F)F)n1)c1nc2ccccc2s1. The molecule has 1 aromatic carbocycles. The van der Waals surface area contributed by atoms with Crippen LogP contribution in [0.1, 0.15) is 32.8 Å². The van der Waals surface area contributed by atoms with Crippen LogP contribution >= 0.6 is 11.3 Å². The van der Waals surface area contributed by atoms with Crippen LogP contribution in [0.5, 0.6) is 0 Å². The number of carbonyl (C=O) groups is 1. The molecule has 0 radical (unpaired) electrons. The zero-order valence-corrected chi connectivity index (χ0v) is 13.0. The van der Waals surface area contributed by atoms with E-state index >= 15 is 0 Å². The van der Waals surface area contributed by atoms with E-state index in [4.69, 9.17) is 5.11 Å². The van der Waals surface area contributed by atoms with Crippen molar-refractivity contribution in [2.75, 3.05) is 0 Å². The van der Waals surface area contributed by atoms with Crippen LogP contribution < -0.4 is 0 Å². The standard InChI is InChI=1S/C15H7F3N4O2S/c16-15(17,18)11-8(14(23)24)6-20-12(22-11)7(5-19)13-21-9-3-1-2-4-10(9)25-13/h1-4,6-7H,(H,23,24). The predicted octanol–water partition coefficient (Wildman–Crippen LogP) is 3.46. The van der Waals surface area contributed by atoms with Crippen molar-refractivity contribution in [3.8, 4) is 6.07 Å². The Morgan fingerprint density at radius 2 is 2.00 bits per heavy atom. The van der Waals surface area contributed by atoms with Crippen molar-refractivity contribution in [2.45, 2.75) is 12.1 Å². The summed E-state index contributed by atoms with van der Waals surface area (Å²) in [6.07, 6.45) is -4.43. The van der Waals surface area contributed by atoms with Crippen LogP contribution in [-0.4, -0.2) is 26.0 Å². The molecule has 0 saturated carbocycles. The van der Waals surface area contributed by atoms with E-state index in [9.17, 15) is 23.2 Å². The van der Waals surface area contributed by atoms with Gasteiger partial charge in [-0.2, -0.15) is 18.4 Å². The van der Waals surface area contributed by atoms with E-state index in [1.54, 1.807) is 24.3 Å². The number of nitrogens with zero attached hydrogens (tertiary/aromatic N) is 4. The second kappa shape index (κ2) is 6.10. The molecule has 0 saturated heterocycles. The Morgan fingerprint density at radius 3 is 2.60 bits per heavy atom. The highest BCUT2D eigenvalue weighted by Gasteiger charge is 2.39. The Hall–Kier alpha value is -3.06. The van der Waals surface area contributed by atoms with Gasteiger partial charge in [-0.3, -0.25) is 0 Å². The lowest BCUT2D eigenvalue weighted by Crippen LogP contribution is -2.19. The van der Waals surface area contributed by atoms with E-state index in [0.29, 0.717) is 11.7 Å². The molecule has 1 N–H and O–H groups in total. The number of benzene rings is 1. The molecular formula is C15H7F3N4O2S. The smallest absolute Gasteiger partial charge is 0.434 e. The zero-order valence-electron chi connectivity index (χ0n) is 12.2. The minimum Gasteiger partial charge on any atom is -0.478 e. The van der Waals surface area contributed by atoms with Crippen molar-refractivity contribution >= 4 is 27.5 Å². The van der Waals surface area contributed by atoms with Gasteiger partial charge in [-0.15, -0.1) is 11.3 Å². The molecule has 0 bridgehead atoms. The minimum absolute atomic E-state index is 0.236. The maximum absolute atomic E-state index is 13.1. The number of carboxylic acid groups (broad SMARTS) is 1. The van der Waals surface area contributed by atoms with Crippen molar-refractivity contribution in [3.63, 3.8) is 0 Å². The lowest BCUT2D eigenvalue weighted by Gasteiger charge is -2.11. The third-order valence-electron chi connectivity index (χ3n) is 3.25. The van der Waals surface area contributed by atoms with E-state index in [0.717, 1.165) is 16.0 Å². The number of carboxylic acids is 1. The van der Waals surface area contributed by atoms with Gasteiger partial charge in [0.05, 0.1) is 16.3 Å². The van der Waals surface area contributed by atoms with Gasteiger partial charge in [0.25, 0.3) is 0 Å². The molecule has 2 aromatic heterocycles. The molecule has 10 heteroatoms. The zero-order chi connectivity index (χ0) is 18.2. The number of thiazole rings is 1. The van der Waals surface area contributed by atoms with Gasteiger partial charge >= 0.3 is 12.1 Å². The highest BCUT2D eigenvalue weighted by Crippen LogP contribution is 2.34. The molecule has 0 aliphatic rings. The highest BCUT2D eigenvalue weighted by molar-refractivity contribution is 7.18. The Balaban J connectivity index is 2.13. The molecular weight excluding hydrogens is 357 g/mol. The molecule has 6 nitrogen and oxygen atoms in total. The fourth-order valence-corrected chi connectivity index (χ4v) is 3.15. The number of fused-ring (bicyclic) bond motifs is 1. The topological polar surface area (TPSA) is 99.8 Å². The molecule has 0 fully saturated rings. The minimum atomic E-state index is -4.99. The highest BCUT2D eigenvalue weighted by atomic mass is 32.1. The van der Waals surface area contributed by atoms with Gasteiger partial charge < -0.3 is 5.11 Å². The van der Waals surface area contributed by atoms with Crippen molar-refractivity contribution in [3.05, 3.63) is 52.6 Å². The number of aromatic carboxylic acids is 1. The van der Waals surface area contributed by atoms with Crippen molar-refractivity contribution in [1.29, 1.82) is 5.26 Å². The van der Waals surface area contributed by atoms with Gasteiger partial charge in [0.1, 0.15) is 10.6 Å². The summed E-state index contributed by atoms with van der Waals surface area (Å²) < 4.78 is 40.0. The molecule has 1 unspecified atom stereocenters. The largest absolute Gasteiger partial charge is 0.478 e. The van der Waals surface area contributed by atoms with E-state index in [2.05, 4.69) is 15.0 Å². The van der Waals surface area contributed by atoms with Crippen LogP contribution in [0.4, 0.5) is 13.2 Å². The fourth-order valence-electron chi connectivity index (χ4n) is 2.14. The van der Waals surface area contributed by atoms with Crippen LogP contribution in [0.15, 0.2) is 30.5 Å². The molecule has 0 spiro atoms. The van der Waals surface area contributed by atoms with Crippen LogP contribution in [0, 0.1) is 11.3 Å². The molecule has 3 aromatic rings. The third-order valence-corrected chi connectivity index (χ3v) is 4.35. The van der Waals surface area contributed by atoms with Gasteiger partial charge in [-0.1, -0.05) is 12.1 Å². The average Bonchev–Trinajstić information content (AvgIpc) is 2.98. The van der Waals surface area contributed by atoms with Crippen LogP contribution in [0.2, 0.25) is 0 Å². The predicted molar refractivity (Wildman–Crippen MR) is 81.1 cm³/mol. The van der Waals surface area contributed by atoms with Crippen LogP contribution in [0.25, 0.3) is 10.2 Å².